The van der Waals surface area contributed by atoms with Crippen molar-refractivity contribution in [2.24, 2.45) is 5.92 Å². The maximum atomic E-state index is 8.72. The van der Waals surface area contributed by atoms with E-state index >= 15 is 0 Å². The van der Waals surface area contributed by atoms with Crippen molar-refractivity contribution in [3.05, 3.63) is 35.4 Å². The molecular weight excluding hydrogens is 244 g/mol. The highest BCUT2D eigenvalue weighted by Crippen LogP contribution is 2.19. The SMILES string of the molecule is Cl.N#Cc1ccc(CCCC2CCNCC2)cc1. The fourth-order valence-corrected chi connectivity index (χ4v) is 2.51. The van der Waals surface area contributed by atoms with Crippen molar-refractivity contribution in [3.63, 3.8) is 0 Å². The zero-order chi connectivity index (χ0) is 11.9. The summed E-state index contributed by atoms with van der Waals surface area (Å²) in [7, 11) is 0. The molecule has 2 nitrogen and oxygen atoms in total. The van der Waals surface area contributed by atoms with E-state index in [0.29, 0.717) is 0 Å². The summed E-state index contributed by atoms with van der Waals surface area (Å²) >= 11 is 0. The molecule has 0 atom stereocenters. The van der Waals surface area contributed by atoms with Crippen molar-refractivity contribution < 1.29 is 0 Å². The van der Waals surface area contributed by atoms with Crippen molar-refractivity contribution >= 4 is 12.4 Å². The Kier molecular flexibility index (Phi) is 6.78. The molecule has 0 unspecified atom stereocenters. The minimum Gasteiger partial charge on any atom is -0.317 e. The van der Waals surface area contributed by atoms with E-state index in [1.807, 2.05) is 12.1 Å². The van der Waals surface area contributed by atoms with E-state index in [4.69, 9.17) is 5.26 Å². The topological polar surface area (TPSA) is 35.8 Å². The highest BCUT2D eigenvalue weighted by molar-refractivity contribution is 5.85. The van der Waals surface area contributed by atoms with Gasteiger partial charge < -0.3 is 5.32 Å². The lowest BCUT2D eigenvalue weighted by Gasteiger charge is -2.22. The zero-order valence-corrected chi connectivity index (χ0v) is 11.5. The molecule has 0 radical (unpaired) electrons. The van der Waals surface area contributed by atoms with Crippen LogP contribution in [0.15, 0.2) is 24.3 Å². The van der Waals surface area contributed by atoms with Crippen LogP contribution in [0.2, 0.25) is 0 Å². The zero-order valence-electron chi connectivity index (χ0n) is 10.7. The Labute approximate surface area is 116 Å². The van der Waals surface area contributed by atoms with Crippen LogP contribution in [0.25, 0.3) is 0 Å². The Bertz CT molecular complexity index is 374. The Balaban J connectivity index is 0.00000162. The van der Waals surface area contributed by atoms with Gasteiger partial charge in [0.25, 0.3) is 0 Å². The summed E-state index contributed by atoms with van der Waals surface area (Å²) < 4.78 is 0. The van der Waals surface area contributed by atoms with Crippen LogP contribution in [-0.4, -0.2) is 13.1 Å². The smallest absolute Gasteiger partial charge is 0.0991 e. The molecular formula is C15H21ClN2. The van der Waals surface area contributed by atoms with Crippen molar-refractivity contribution in [2.45, 2.75) is 32.1 Å². The third kappa shape index (κ3) is 4.68. The lowest BCUT2D eigenvalue weighted by Crippen LogP contribution is -2.27. The molecule has 1 aromatic rings. The number of hydrogen-bond acceptors (Lipinski definition) is 2. The molecule has 0 amide bonds. The minimum atomic E-state index is 0. The summed E-state index contributed by atoms with van der Waals surface area (Å²) in [4.78, 5) is 0. The van der Waals surface area contributed by atoms with Crippen LogP contribution in [0.1, 0.15) is 36.8 Å². The molecule has 1 N–H and O–H groups in total. The van der Waals surface area contributed by atoms with E-state index in [0.717, 1.165) is 17.9 Å². The molecule has 1 saturated heterocycles. The van der Waals surface area contributed by atoms with E-state index in [-0.39, 0.29) is 12.4 Å². The first-order valence-corrected chi connectivity index (χ1v) is 6.58. The number of hydrogen-bond donors (Lipinski definition) is 1. The highest BCUT2D eigenvalue weighted by atomic mass is 35.5. The second-order valence-electron chi connectivity index (χ2n) is 4.89. The lowest BCUT2D eigenvalue weighted by molar-refractivity contribution is 0.347. The third-order valence-electron chi connectivity index (χ3n) is 3.62. The molecule has 0 aliphatic carbocycles. The van der Waals surface area contributed by atoms with Crippen molar-refractivity contribution in [1.82, 2.24) is 5.32 Å². The van der Waals surface area contributed by atoms with Crippen LogP contribution in [0.3, 0.4) is 0 Å². The van der Waals surface area contributed by atoms with Gasteiger partial charge in [0, 0.05) is 0 Å². The molecule has 2 rings (SSSR count). The molecule has 0 bridgehead atoms. The summed E-state index contributed by atoms with van der Waals surface area (Å²) in [6.45, 7) is 2.39. The Morgan fingerprint density at radius 2 is 1.83 bits per heavy atom. The molecule has 0 saturated carbocycles. The van der Waals surface area contributed by atoms with Gasteiger partial charge in [-0.25, -0.2) is 0 Å². The predicted octanol–water partition coefficient (Wildman–Crippen LogP) is 3.30. The minimum absolute atomic E-state index is 0. The van der Waals surface area contributed by atoms with E-state index in [1.54, 1.807) is 0 Å². The second kappa shape index (κ2) is 8.13. The second-order valence-corrected chi connectivity index (χ2v) is 4.89. The van der Waals surface area contributed by atoms with Gasteiger partial charge in [0.15, 0.2) is 0 Å². The molecule has 1 aliphatic rings. The fourth-order valence-electron chi connectivity index (χ4n) is 2.51. The third-order valence-corrected chi connectivity index (χ3v) is 3.62. The molecule has 98 valence electrons. The maximum Gasteiger partial charge on any atom is 0.0991 e. The monoisotopic (exact) mass is 264 g/mol. The van der Waals surface area contributed by atoms with Crippen LogP contribution in [0.5, 0.6) is 0 Å². The van der Waals surface area contributed by atoms with Crippen LogP contribution in [0.4, 0.5) is 0 Å². The number of piperidine rings is 1. The summed E-state index contributed by atoms with van der Waals surface area (Å²) in [6.07, 6.45) is 6.45. The fraction of sp³-hybridized carbons (Fsp3) is 0.533. The van der Waals surface area contributed by atoms with Gasteiger partial charge in [-0.2, -0.15) is 5.26 Å². The van der Waals surface area contributed by atoms with Crippen LogP contribution in [0, 0.1) is 17.2 Å². The molecule has 0 aromatic heterocycles. The summed E-state index contributed by atoms with van der Waals surface area (Å²) in [5.74, 6) is 0.926. The predicted molar refractivity (Wildman–Crippen MR) is 76.9 cm³/mol. The molecule has 18 heavy (non-hydrogen) atoms. The van der Waals surface area contributed by atoms with E-state index in [2.05, 4.69) is 23.5 Å². The number of aryl methyl sites for hydroxylation is 1. The Morgan fingerprint density at radius 3 is 2.44 bits per heavy atom. The maximum absolute atomic E-state index is 8.72. The number of nitriles is 1. The number of halogens is 1. The first-order valence-electron chi connectivity index (χ1n) is 6.58. The largest absolute Gasteiger partial charge is 0.317 e. The quantitative estimate of drug-likeness (QED) is 0.906. The van der Waals surface area contributed by atoms with Gasteiger partial charge in [0.2, 0.25) is 0 Å². The van der Waals surface area contributed by atoms with Crippen LogP contribution < -0.4 is 5.32 Å². The van der Waals surface area contributed by atoms with Gasteiger partial charge in [-0.15, -0.1) is 12.4 Å². The molecule has 1 fully saturated rings. The average Bonchev–Trinajstić information content (AvgIpc) is 2.41. The Hall–Kier alpha value is -1.04. The molecule has 0 spiro atoms. The number of nitrogens with one attached hydrogen (secondary N) is 1. The molecule has 3 heteroatoms. The molecule has 1 aliphatic heterocycles. The van der Waals surface area contributed by atoms with E-state index < -0.39 is 0 Å². The number of benzene rings is 1. The van der Waals surface area contributed by atoms with Gasteiger partial charge >= 0.3 is 0 Å². The first-order chi connectivity index (χ1) is 8.38. The van der Waals surface area contributed by atoms with E-state index in [9.17, 15) is 0 Å². The molecule has 1 aromatic carbocycles. The number of nitrogens with zero attached hydrogens (tertiary/aromatic N) is 1. The standard InChI is InChI=1S/C15H20N2.ClH/c16-12-15-6-4-13(5-7-15)2-1-3-14-8-10-17-11-9-14;/h4-7,14,17H,1-3,8-11H2;1H. The number of rotatable bonds is 4. The normalized spacial score (nSPS) is 15.7. The van der Waals surface area contributed by atoms with Gasteiger partial charge in [-0.05, 0) is 62.4 Å². The highest BCUT2D eigenvalue weighted by Gasteiger charge is 2.11. The summed E-state index contributed by atoms with van der Waals surface area (Å²) in [5.41, 5.74) is 2.12. The van der Waals surface area contributed by atoms with E-state index in [1.165, 1.54) is 44.3 Å². The van der Waals surface area contributed by atoms with Crippen LogP contribution >= 0.6 is 12.4 Å². The van der Waals surface area contributed by atoms with Gasteiger partial charge in [0.05, 0.1) is 11.6 Å². The summed E-state index contributed by atoms with van der Waals surface area (Å²) in [6, 6.07) is 10.2. The van der Waals surface area contributed by atoms with Crippen LogP contribution in [-0.2, 0) is 6.42 Å². The Morgan fingerprint density at radius 1 is 1.17 bits per heavy atom. The first kappa shape index (κ1) is 15.0. The average molecular weight is 265 g/mol. The lowest BCUT2D eigenvalue weighted by atomic mass is 9.91. The van der Waals surface area contributed by atoms with Gasteiger partial charge in [-0.1, -0.05) is 18.6 Å². The van der Waals surface area contributed by atoms with Crippen molar-refractivity contribution in [1.29, 1.82) is 5.26 Å². The molecule has 1 heterocycles. The van der Waals surface area contributed by atoms with Crippen molar-refractivity contribution in [2.75, 3.05) is 13.1 Å². The van der Waals surface area contributed by atoms with Gasteiger partial charge in [0.1, 0.15) is 0 Å². The van der Waals surface area contributed by atoms with Crippen molar-refractivity contribution in [3.8, 4) is 6.07 Å². The van der Waals surface area contributed by atoms with Gasteiger partial charge in [-0.3, -0.25) is 0 Å². The summed E-state index contributed by atoms with van der Waals surface area (Å²) in [5, 5.41) is 12.1.